The molecule has 0 aromatic heterocycles. The van der Waals surface area contributed by atoms with Gasteiger partial charge in [0.1, 0.15) is 5.82 Å². The molecule has 2 aromatic rings. The summed E-state index contributed by atoms with van der Waals surface area (Å²) < 4.78 is 14.0. The van der Waals surface area contributed by atoms with E-state index in [0.717, 1.165) is 31.4 Å². The zero-order chi connectivity index (χ0) is 20.8. The van der Waals surface area contributed by atoms with Gasteiger partial charge in [-0.2, -0.15) is 0 Å². The van der Waals surface area contributed by atoms with Crippen molar-refractivity contribution in [2.24, 2.45) is 5.92 Å². The molecule has 0 saturated carbocycles. The molecule has 0 unspecified atom stereocenters. The third kappa shape index (κ3) is 5.01. The van der Waals surface area contributed by atoms with Crippen LogP contribution >= 0.6 is 0 Å². The minimum absolute atomic E-state index is 0.0421. The molecule has 29 heavy (non-hydrogen) atoms. The smallest absolute Gasteiger partial charge is 0.258 e. The summed E-state index contributed by atoms with van der Waals surface area (Å²) in [6.45, 7) is 4.24. The molecule has 2 amide bonds. The number of piperidine rings is 1. The van der Waals surface area contributed by atoms with Crippen molar-refractivity contribution in [3.63, 3.8) is 0 Å². The summed E-state index contributed by atoms with van der Waals surface area (Å²) in [5.41, 5.74) is 1.62. The second kappa shape index (κ2) is 9.65. The molecule has 6 heteroatoms. The van der Waals surface area contributed by atoms with E-state index >= 15 is 0 Å². The third-order valence-corrected chi connectivity index (χ3v) is 5.56. The van der Waals surface area contributed by atoms with Crippen LogP contribution in [-0.2, 0) is 0 Å². The maximum absolute atomic E-state index is 14.0. The first-order valence-corrected chi connectivity index (χ1v) is 10.1. The van der Waals surface area contributed by atoms with Crippen molar-refractivity contribution in [3.05, 3.63) is 65.0 Å². The number of likely N-dealkylation sites (tertiary alicyclic amines) is 1. The average Bonchev–Trinajstić information content (AvgIpc) is 2.74. The highest BCUT2D eigenvalue weighted by Crippen LogP contribution is 2.26. The van der Waals surface area contributed by atoms with Gasteiger partial charge in [-0.1, -0.05) is 24.3 Å². The van der Waals surface area contributed by atoms with E-state index in [-0.39, 0.29) is 11.5 Å². The molecule has 0 aliphatic carbocycles. The number of para-hydroxylation sites is 1. The van der Waals surface area contributed by atoms with E-state index < -0.39 is 11.7 Å². The van der Waals surface area contributed by atoms with Crippen LogP contribution in [0.15, 0.2) is 42.5 Å². The number of nitrogens with zero attached hydrogens (tertiary/aromatic N) is 1. The standard InChI is InChI=1S/C23H28FN3O2/c1-16-6-5-8-19(21(16)26-22(28)18-7-3-4-9-20(18)24)23(29)27-14-11-17(12-15-27)10-13-25-2/h3-9,17,25H,10-15H2,1-2H3,(H,26,28). The molecular formula is C23H28FN3O2. The van der Waals surface area contributed by atoms with E-state index in [1.54, 1.807) is 18.2 Å². The van der Waals surface area contributed by atoms with Crippen molar-refractivity contribution in [1.82, 2.24) is 10.2 Å². The molecule has 1 aliphatic rings. The molecule has 1 heterocycles. The highest BCUT2D eigenvalue weighted by atomic mass is 19.1. The SMILES string of the molecule is CNCCC1CCN(C(=O)c2cccc(C)c2NC(=O)c2ccccc2F)CC1. The maximum Gasteiger partial charge on any atom is 0.258 e. The predicted molar refractivity (Wildman–Crippen MR) is 113 cm³/mol. The lowest BCUT2D eigenvalue weighted by Crippen LogP contribution is -2.39. The lowest BCUT2D eigenvalue weighted by Gasteiger charge is -2.32. The molecule has 0 atom stereocenters. The van der Waals surface area contributed by atoms with Gasteiger partial charge in [0.25, 0.3) is 11.8 Å². The van der Waals surface area contributed by atoms with Crippen molar-refractivity contribution < 1.29 is 14.0 Å². The topological polar surface area (TPSA) is 61.4 Å². The number of anilines is 1. The average molecular weight is 397 g/mol. The minimum atomic E-state index is -0.588. The van der Waals surface area contributed by atoms with Crippen LogP contribution in [0, 0.1) is 18.7 Å². The van der Waals surface area contributed by atoms with Crippen LogP contribution in [-0.4, -0.2) is 43.4 Å². The normalized spacial score (nSPS) is 14.7. The Morgan fingerprint density at radius 1 is 1.07 bits per heavy atom. The number of aryl methyl sites for hydroxylation is 1. The maximum atomic E-state index is 14.0. The molecule has 0 spiro atoms. The monoisotopic (exact) mass is 397 g/mol. The summed E-state index contributed by atoms with van der Waals surface area (Å²) in [5.74, 6) is -0.610. The Morgan fingerprint density at radius 3 is 2.45 bits per heavy atom. The Hall–Kier alpha value is -2.73. The van der Waals surface area contributed by atoms with Gasteiger partial charge >= 0.3 is 0 Å². The summed E-state index contributed by atoms with van der Waals surface area (Å²) in [6.07, 6.45) is 3.08. The molecular weight excluding hydrogens is 369 g/mol. The summed E-state index contributed by atoms with van der Waals surface area (Å²) in [6, 6.07) is 11.2. The van der Waals surface area contributed by atoms with E-state index in [2.05, 4.69) is 10.6 Å². The zero-order valence-electron chi connectivity index (χ0n) is 17.0. The fourth-order valence-electron chi connectivity index (χ4n) is 3.78. The zero-order valence-corrected chi connectivity index (χ0v) is 17.0. The van der Waals surface area contributed by atoms with Crippen molar-refractivity contribution in [3.8, 4) is 0 Å². The molecule has 3 rings (SSSR count). The van der Waals surface area contributed by atoms with Crippen molar-refractivity contribution in [2.45, 2.75) is 26.2 Å². The van der Waals surface area contributed by atoms with E-state index in [1.807, 2.05) is 24.9 Å². The van der Waals surface area contributed by atoms with Crippen LogP contribution in [0.3, 0.4) is 0 Å². The van der Waals surface area contributed by atoms with Crippen LogP contribution in [0.1, 0.15) is 45.5 Å². The summed E-state index contributed by atoms with van der Waals surface area (Å²) in [7, 11) is 1.95. The largest absolute Gasteiger partial charge is 0.339 e. The summed E-state index contributed by atoms with van der Waals surface area (Å²) in [5, 5.41) is 5.93. The van der Waals surface area contributed by atoms with Crippen molar-refractivity contribution in [2.75, 3.05) is 32.0 Å². The fourth-order valence-corrected chi connectivity index (χ4v) is 3.78. The Morgan fingerprint density at radius 2 is 1.76 bits per heavy atom. The number of nitrogens with one attached hydrogen (secondary N) is 2. The van der Waals surface area contributed by atoms with Gasteiger partial charge in [-0.25, -0.2) is 4.39 Å². The molecule has 0 radical (unpaired) electrons. The van der Waals surface area contributed by atoms with E-state index in [9.17, 15) is 14.0 Å². The fraction of sp³-hybridized carbons (Fsp3) is 0.391. The molecule has 2 aromatic carbocycles. The number of hydrogen-bond donors (Lipinski definition) is 2. The van der Waals surface area contributed by atoms with Crippen LogP contribution in [0.25, 0.3) is 0 Å². The van der Waals surface area contributed by atoms with Crippen LogP contribution in [0.2, 0.25) is 0 Å². The molecule has 1 aliphatic heterocycles. The van der Waals surface area contributed by atoms with Gasteiger partial charge in [0.2, 0.25) is 0 Å². The first kappa shape index (κ1) is 21.0. The quantitative estimate of drug-likeness (QED) is 0.778. The second-order valence-corrected chi connectivity index (χ2v) is 7.56. The van der Waals surface area contributed by atoms with Gasteiger partial charge in [0.05, 0.1) is 16.8 Å². The van der Waals surface area contributed by atoms with Gasteiger partial charge < -0.3 is 15.5 Å². The highest BCUT2D eigenvalue weighted by Gasteiger charge is 2.26. The predicted octanol–water partition coefficient (Wildman–Crippen LogP) is 3.85. The highest BCUT2D eigenvalue weighted by molar-refractivity contribution is 6.09. The van der Waals surface area contributed by atoms with Gasteiger partial charge in [-0.3, -0.25) is 9.59 Å². The van der Waals surface area contributed by atoms with E-state index in [1.165, 1.54) is 18.2 Å². The number of rotatable bonds is 6. The van der Waals surface area contributed by atoms with Gasteiger partial charge in [-0.15, -0.1) is 0 Å². The number of carbonyl (C=O) groups is 2. The molecule has 2 N–H and O–H groups in total. The van der Waals surface area contributed by atoms with Crippen molar-refractivity contribution >= 4 is 17.5 Å². The molecule has 154 valence electrons. The number of hydrogen-bond acceptors (Lipinski definition) is 3. The lowest BCUT2D eigenvalue weighted by atomic mass is 9.93. The van der Waals surface area contributed by atoms with Crippen LogP contribution in [0.5, 0.6) is 0 Å². The number of benzene rings is 2. The summed E-state index contributed by atoms with van der Waals surface area (Å²) >= 11 is 0. The first-order valence-electron chi connectivity index (χ1n) is 10.1. The number of halogens is 1. The van der Waals surface area contributed by atoms with Crippen LogP contribution in [0.4, 0.5) is 10.1 Å². The Balaban J connectivity index is 1.75. The Labute approximate surface area is 171 Å². The van der Waals surface area contributed by atoms with E-state index in [4.69, 9.17) is 0 Å². The number of amides is 2. The van der Waals surface area contributed by atoms with E-state index in [0.29, 0.717) is 30.3 Å². The second-order valence-electron chi connectivity index (χ2n) is 7.56. The third-order valence-electron chi connectivity index (χ3n) is 5.56. The van der Waals surface area contributed by atoms with Gasteiger partial charge in [0.15, 0.2) is 0 Å². The number of carbonyl (C=O) groups excluding carboxylic acids is 2. The Bertz CT molecular complexity index is 876. The molecule has 0 bridgehead atoms. The van der Waals surface area contributed by atoms with Gasteiger partial charge in [0, 0.05) is 13.1 Å². The van der Waals surface area contributed by atoms with Gasteiger partial charge in [-0.05, 0) is 69.5 Å². The first-order chi connectivity index (χ1) is 14.0. The molecule has 1 fully saturated rings. The summed E-state index contributed by atoms with van der Waals surface area (Å²) in [4.78, 5) is 27.6. The lowest BCUT2D eigenvalue weighted by molar-refractivity contribution is 0.0688. The Kier molecular flexibility index (Phi) is 6.99. The van der Waals surface area contributed by atoms with Crippen LogP contribution < -0.4 is 10.6 Å². The minimum Gasteiger partial charge on any atom is -0.339 e. The van der Waals surface area contributed by atoms with Crippen molar-refractivity contribution in [1.29, 1.82) is 0 Å². The molecule has 5 nitrogen and oxygen atoms in total. The molecule has 1 saturated heterocycles.